The average Bonchev–Trinajstić information content (AvgIpc) is 2.76. The van der Waals surface area contributed by atoms with Crippen molar-refractivity contribution < 1.29 is 18.3 Å². The Morgan fingerprint density at radius 3 is 2.78 bits per heavy atom. The van der Waals surface area contributed by atoms with E-state index in [4.69, 9.17) is 16.3 Å². The first-order valence-corrected chi connectivity index (χ1v) is 7.28. The topological polar surface area (TPSA) is 66.8 Å². The summed E-state index contributed by atoms with van der Waals surface area (Å²) >= 11 is 5.80. The minimum absolute atomic E-state index is 0.0727. The molecule has 0 amide bonds. The van der Waals surface area contributed by atoms with E-state index in [9.17, 15) is 13.5 Å². The summed E-state index contributed by atoms with van der Waals surface area (Å²) < 4.78 is 31.0. The lowest BCUT2D eigenvalue weighted by molar-refractivity contribution is 0.189. The second-order valence-electron chi connectivity index (χ2n) is 4.10. The molecule has 2 rings (SSSR count). The van der Waals surface area contributed by atoms with Gasteiger partial charge in [-0.3, -0.25) is 0 Å². The van der Waals surface area contributed by atoms with Crippen LogP contribution in [-0.2, 0) is 10.0 Å². The smallest absolute Gasteiger partial charge is 0.246 e. The molecule has 1 saturated heterocycles. The maximum absolute atomic E-state index is 12.4. The van der Waals surface area contributed by atoms with Crippen LogP contribution in [0, 0.1) is 0 Å². The first-order chi connectivity index (χ1) is 8.45. The Labute approximate surface area is 111 Å². The van der Waals surface area contributed by atoms with E-state index >= 15 is 0 Å². The first kappa shape index (κ1) is 13.6. The molecule has 1 fully saturated rings. The Kier molecular flexibility index (Phi) is 3.82. The Morgan fingerprint density at radius 1 is 1.50 bits per heavy atom. The molecule has 1 aliphatic heterocycles. The zero-order valence-electron chi connectivity index (χ0n) is 9.84. The molecule has 0 aliphatic carbocycles. The van der Waals surface area contributed by atoms with Crippen LogP contribution < -0.4 is 4.74 Å². The van der Waals surface area contributed by atoms with Crippen molar-refractivity contribution in [1.29, 1.82) is 0 Å². The number of halogens is 1. The highest BCUT2D eigenvalue weighted by Crippen LogP contribution is 2.31. The van der Waals surface area contributed by atoms with Gasteiger partial charge in [0.25, 0.3) is 0 Å². The van der Waals surface area contributed by atoms with Crippen LogP contribution in [0.2, 0.25) is 5.02 Å². The van der Waals surface area contributed by atoms with E-state index in [1.807, 2.05) is 0 Å². The predicted octanol–water partition coefficient (Wildman–Crippen LogP) is 1.10. The minimum Gasteiger partial charge on any atom is -0.495 e. The van der Waals surface area contributed by atoms with Gasteiger partial charge in [-0.05, 0) is 18.6 Å². The zero-order chi connectivity index (χ0) is 13.3. The monoisotopic (exact) mass is 291 g/mol. The molecule has 1 N–H and O–H groups in total. The van der Waals surface area contributed by atoms with Gasteiger partial charge in [-0.2, -0.15) is 4.31 Å². The van der Waals surface area contributed by atoms with Crippen LogP contribution in [0.15, 0.2) is 23.1 Å². The molecule has 18 heavy (non-hydrogen) atoms. The number of aliphatic hydroxyl groups excluding tert-OH is 1. The van der Waals surface area contributed by atoms with Crippen LogP contribution in [0.1, 0.15) is 6.42 Å². The van der Waals surface area contributed by atoms with Gasteiger partial charge in [0.15, 0.2) is 0 Å². The van der Waals surface area contributed by atoms with Crippen molar-refractivity contribution in [2.24, 2.45) is 0 Å². The van der Waals surface area contributed by atoms with Gasteiger partial charge in [-0.25, -0.2) is 8.42 Å². The third-order valence-electron chi connectivity index (χ3n) is 2.87. The molecule has 0 aromatic heterocycles. The Bertz CT molecular complexity index is 546. The third-order valence-corrected chi connectivity index (χ3v) is 5.01. The highest BCUT2D eigenvalue weighted by Gasteiger charge is 2.33. The Morgan fingerprint density at radius 2 is 2.22 bits per heavy atom. The fourth-order valence-corrected chi connectivity index (χ4v) is 3.71. The fourth-order valence-electron chi connectivity index (χ4n) is 1.92. The lowest BCUT2D eigenvalue weighted by atomic mass is 10.3. The minimum atomic E-state index is -3.64. The maximum Gasteiger partial charge on any atom is 0.246 e. The van der Waals surface area contributed by atoms with Crippen LogP contribution in [0.25, 0.3) is 0 Å². The summed E-state index contributed by atoms with van der Waals surface area (Å²) in [5.74, 6) is 0.212. The van der Waals surface area contributed by atoms with Crippen LogP contribution >= 0.6 is 11.6 Å². The number of rotatable bonds is 3. The summed E-state index contributed by atoms with van der Waals surface area (Å²) in [6.45, 7) is 0.434. The molecule has 0 saturated carbocycles. The van der Waals surface area contributed by atoms with E-state index in [0.29, 0.717) is 18.0 Å². The molecular formula is C11H14ClNO4S. The number of β-amino-alcohol motifs (C(OH)–C–C–N with tert-alkyl or cyclic N) is 1. The van der Waals surface area contributed by atoms with E-state index in [1.54, 1.807) is 0 Å². The predicted molar refractivity (Wildman–Crippen MR) is 67.4 cm³/mol. The van der Waals surface area contributed by atoms with Crippen molar-refractivity contribution in [3.8, 4) is 5.75 Å². The number of hydrogen-bond donors (Lipinski definition) is 1. The Hall–Kier alpha value is -0.820. The van der Waals surface area contributed by atoms with Crippen molar-refractivity contribution in [2.75, 3.05) is 20.2 Å². The molecule has 0 radical (unpaired) electrons. The second kappa shape index (κ2) is 5.05. The van der Waals surface area contributed by atoms with Crippen molar-refractivity contribution in [3.63, 3.8) is 0 Å². The molecule has 100 valence electrons. The lowest BCUT2D eigenvalue weighted by Crippen LogP contribution is -2.30. The summed E-state index contributed by atoms with van der Waals surface area (Å²) in [5.41, 5.74) is 0. The number of sulfonamides is 1. The fraction of sp³-hybridized carbons (Fsp3) is 0.455. The average molecular weight is 292 g/mol. The molecule has 0 spiro atoms. The van der Waals surface area contributed by atoms with Crippen LogP contribution in [0.5, 0.6) is 5.75 Å². The Balaban J connectivity index is 2.41. The number of methoxy groups -OCH3 is 1. The highest BCUT2D eigenvalue weighted by atomic mass is 35.5. The summed E-state index contributed by atoms with van der Waals surface area (Å²) in [7, 11) is -2.25. The quantitative estimate of drug-likeness (QED) is 0.906. The third kappa shape index (κ3) is 2.47. The molecule has 1 atom stereocenters. The standard InChI is InChI=1S/C11H14ClNO4S/c1-17-10-6-8(12)2-3-11(10)18(15,16)13-5-4-9(14)7-13/h2-3,6,9,14H,4-5,7H2,1H3/t9-/m1/s1. The van der Waals surface area contributed by atoms with Gasteiger partial charge >= 0.3 is 0 Å². The van der Waals surface area contributed by atoms with Gasteiger partial charge in [0.2, 0.25) is 10.0 Å². The van der Waals surface area contributed by atoms with Crippen LogP contribution in [0.3, 0.4) is 0 Å². The number of hydrogen-bond acceptors (Lipinski definition) is 4. The zero-order valence-corrected chi connectivity index (χ0v) is 11.4. The number of benzene rings is 1. The van der Waals surface area contributed by atoms with Gasteiger partial charge in [0.1, 0.15) is 10.6 Å². The van der Waals surface area contributed by atoms with Crippen molar-refractivity contribution >= 4 is 21.6 Å². The van der Waals surface area contributed by atoms with E-state index in [2.05, 4.69) is 0 Å². The largest absolute Gasteiger partial charge is 0.495 e. The van der Waals surface area contributed by atoms with E-state index in [1.165, 1.54) is 29.6 Å². The number of aliphatic hydroxyl groups is 1. The highest BCUT2D eigenvalue weighted by molar-refractivity contribution is 7.89. The molecule has 1 aromatic carbocycles. The number of ether oxygens (including phenoxy) is 1. The summed E-state index contributed by atoms with van der Waals surface area (Å²) in [5, 5.41) is 9.83. The first-order valence-electron chi connectivity index (χ1n) is 5.47. The summed E-state index contributed by atoms with van der Waals surface area (Å²) in [6, 6.07) is 4.38. The summed E-state index contributed by atoms with van der Waals surface area (Å²) in [4.78, 5) is 0.0727. The van der Waals surface area contributed by atoms with Gasteiger partial charge in [-0.1, -0.05) is 11.6 Å². The molecule has 7 heteroatoms. The van der Waals surface area contributed by atoms with Crippen LogP contribution in [-0.4, -0.2) is 44.1 Å². The van der Waals surface area contributed by atoms with Gasteiger partial charge < -0.3 is 9.84 Å². The maximum atomic E-state index is 12.4. The molecule has 0 unspecified atom stereocenters. The van der Waals surface area contributed by atoms with E-state index in [-0.39, 0.29) is 17.2 Å². The molecular weight excluding hydrogens is 278 g/mol. The van der Waals surface area contributed by atoms with Crippen molar-refractivity contribution in [2.45, 2.75) is 17.4 Å². The molecule has 1 heterocycles. The number of nitrogens with zero attached hydrogens (tertiary/aromatic N) is 1. The molecule has 5 nitrogen and oxygen atoms in total. The molecule has 1 aromatic rings. The van der Waals surface area contributed by atoms with E-state index in [0.717, 1.165) is 0 Å². The molecule has 1 aliphatic rings. The lowest BCUT2D eigenvalue weighted by Gasteiger charge is -2.17. The molecule has 0 bridgehead atoms. The van der Waals surface area contributed by atoms with Gasteiger partial charge in [0, 0.05) is 24.2 Å². The van der Waals surface area contributed by atoms with E-state index < -0.39 is 16.1 Å². The second-order valence-corrected chi connectivity index (χ2v) is 6.44. The van der Waals surface area contributed by atoms with Gasteiger partial charge in [-0.15, -0.1) is 0 Å². The van der Waals surface area contributed by atoms with Crippen molar-refractivity contribution in [3.05, 3.63) is 23.2 Å². The summed E-state index contributed by atoms with van der Waals surface area (Å²) in [6.07, 6.45) is -0.146. The van der Waals surface area contributed by atoms with Gasteiger partial charge in [0.05, 0.1) is 13.2 Å². The normalized spacial score (nSPS) is 21.2. The van der Waals surface area contributed by atoms with Crippen LogP contribution in [0.4, 0.5) is 0 Å². The van der Waals surface area contributed by atoms with Crippen molar-refractivity contribution in [1.82, 2.24) is 4.31 Å². The SMILES string of the molecule is COc1cc(Cl)ccc1S(=O)(=O)N1CC[C@@H](O)C1.